The van der Waals surface area contributed by atoms with Gasteiger partial charge in [0.25, 0.3) is 0 Å². The predicted molar refractivity (Wildman–Crippen MR) is 75.6 cm³/mol. The lowest BCUT2D eigenvalue weighted by Gasteiger charge is -2.31. The van der Waals surface area contributed by atoms with Gasteiger partial charge in [-0.3, -0.25) is 4.68 Å². The van der Waals surface area contributed by atoms with Gasteiger partial charge in [0, 0.05) is 19.1 Å². The van der Waals surface area contributed by atoms with Crippen molar-refractivity contribution in [3.05, 3.63) is 16.4 Å². The van der Waals surface area contributed by atoms with E-state index >= 15 is 0 Å². The molecule has 0 aliphatic carbocycles. The summed E-state index contributed by atoms with van der Waals surface area (Å²) >= 11 is 3.63. The van der Waals surface area contributed by atoms with Crippen LogP contribution in [0.1, 0.15) is 38.4 Å². The third-order valence-electron chi connectivity index (χ3n) is 3.52. The zero-order valence-corrected chi connectivity index (χ0v) is 12.7. The molecular weight excluding hydrogens is 294 g/mol. The summed E-state index contributed by atoms with van der Waals surface area (Å²) in [6.45, 7) is 7.89. The van der Waals surface area contributed by atoms with E-state index < -0.39 is 0 Å². The third-order valence-corrected chi connectivity index (χ3v) is 4.13. The molecule has 0 bridgehead atoms. The number of halogens is 1. The molecule has 1 fully saturated rings. The van der Waals surface area contributed by atoms with Crippen LogP contribution < -0.4 is 5.32 Å². The molecule has 1 N–H and O–H groups in total. The number of ether oxygens (including phenoxy) is 1. The van der Waals surface area contributed by atoms with Crippen LogP contribution in [0.5, 0.6) is 0 Å². The fraction of sp³-hybridized carbons (Fsp3) is 0.769. The third kappa shape index (κ3) is 2.95. The molecule has 0 amide bonds. The van der Waals surface area contributed by atoms with E-state index in [1.807, 2.05) is 6.20 Å². The van der Waals surface area contributed by atoms with Gasteiger partial charge in [-0.05, 0) is 42.2 Å². The Morgan fingerprint density at radius 2 is 2.44 bits per heavy atom. The maximum absolute atomic E-state index is 5.64. The van der Waals surface area contributed by atoms with E-state index in [2.05, 4.69) is 44.9 Å². The van der Waals surface area contributed by atoms with Gasteiger partial charge in [0.2, 0.25) is 0 Å². The fourth-order valence-electron chi connectivity index (χ4n) is 2.67. The first kappa shape index (κ1) is 14.0. The lowest BCUT2D eigenvalue weighted by molar-refractivity contribution is 0.0378. The summed E-state index contributed by atoms with van der Waals surface area (Å²) in [6, 6.07) is 0.326. The summed E-state index contributed by atoms with van der Waals surface area (Å²) in [7, 11) is 0. The van der Waals surface area contributed by atoms with Crippen LogP contribution in [0.2, 0.25) is 0 Å². The monoisotopic (exact) mass is 315 g/mol. The van der Waals surface area contributed by atoms with Gasteiger partial charge in [-0.2, -0.15) is 5.10 Å². The fourth-order valence-corrected chi connectivity index (χ4v) is 3.21. The van der Waals surface area contributed by atoms with Crippen LogP contribution in [0.25, 0.3) is 0 Å². The van der Waals surface area contributed by atoms with Crippen molar-refractivity contribution in [2.45, 2.75) is 39.3 Å². The number of aryl methyl sites for hydroxylation is 1. The summed E-state index contributed by atoms with van der Waals surface area (Å²) in [5.74, 6) is 0.539. The summed E-state index contributed by atoms with van der Waals surface area (Å²) < 4.78 is 8.81. The number of hydrogen-bond acceptors (Lipinski definition) is 3. The first-order valence-electron chi connectivity index (χ1n) is 6.80. The van der Waals surface area contributed by atoms with E-state index in [0.29, 0.717) is 12.0 Å². The van der Waals surface area contributed by atoms with Gasteiger partial charge in [-0.1, -0.05) is 6.92 Å². The number of hydrogen-bond donors (Lipinski definition) is 1. The topological polar surface area (TPSA) is 39.1 Å². The summed E-state index contributed by atoms with van der Waals surface area (Å²) in [4.78, 5) is 0. The lowest BCUT2D eigenvalue weighted by Crippen LogP contribution is -2.35. The van der Waals surface area contributed by atoms with E-state index in [9.17, 15) is 0 Å². The highest BCUT2D eigenvalue weighted by Crippen LogP contribution is 2.32. The Morgan fingerprint density at radius 1 is 1.61 bits per heavy atom. The molecule has 2 unspecified atom stereocenters. The maximum atomic E-state index is 5.64. The van der Waals surface area contributed by atoms with Crippen molar-refractivity contribution in [3.8, 4) is 0 Å². The maximum Gasteiger partial charge on any atom is 0.0699 e. The molecule has 0 spiro atoms. The molecule has 1 aliphatic rings. The Kier molecular flexibility index (Phi) is 5.21. The molecule has 1 aliphatic heterocycles. The molecule has 1 saturated heterocycles. The van der Waals surface area contributed by atoms with Crippen molar-refractivity contribution in [2.75, 3.05) is 19.8 Å². The van der Waals surface area contributed by atoms with Crippen LogP contribution >= 0.6 is 15.9 Å². The van der Waals surface area contributed by atoms with Gasteiger partial charge < -0.3 is 10.1 Å². The number of nitrogens with zero attached hydrogens (tertiary/aromatic N) is 2. The van der Waals surface area contributed by atoms with Crippen molar-refractivity contribution < 1.29 is 4.74 Å². The minimum atomic E-state index is 0.326. The van der Waals surface area contributed by atoms with Gasteiger partial charge in [0.15, 0.2) is 0 Å². The van der Waals surface area contributed by atoms with Gasteiger partial charge in [-0.15, -0.1) is 0 Å². The number of nitrogens with one attached hydrogen (secondary N) is 1. The second kappa shape index (κ2) is 6.68. The first-order valence-corrected chi connectivity index (χ1v) is 7.59. The largest absolute Gasteiger partial charge is 0.381 e. The van der Waals surface area contributed by atoms with Crippen LogP contribution in [0, 0.1) is 5.92 Å². The minimum Gasteiger partial charge on any atom is -0.381 e. The normalized spacial score (nSPS) is 22.1. The molecule has 0 saturated carbocycles. The Morgan fingerprint density at radius 3 is 3.06 bits per heavy atom. The Bertz CT molecular complexity index is 374. The van der Waals surface area contributed by atoms with Crippen LogP contribution in [0.3, 0.4) is 0 Å². The van der Waals surface area contributed by atoms with Crippen molar-refractivity contribution >= 4 is 15.9 Å². The van der Waals surface area contributed by atoms with Gasteiger partial charge in [0.1, 0.15) is 0 Å². The summed E-state index contributed by atoms with van der Waals surface area (Å²) in [6.07, 6.45) is 4.27. The highest BCUT2D eigenvalue weighted by molar-refractivity contribution is 9.10. The highest BCUT2D eigenvalue weighted by atomic mass is 79.9. The number of rotatable bonds is 5. The zero-order chi connectivity index (χ0) is 13.0. The van der Waals surface area contributed by atoms with Gasteiger partial charge >= 0.3 is 0 Å². The van der Waals surface area contributed by atoms with Crippen LogP contribution in [0.15, 0.2) is 10.7 Å². The van der Waals surface area contributed by atoms with Crippen molar-refractivity contribution in [2.24, 2.45) is 5.92 Å². The Balaban J connectivity index is 2.24. The SMILES string of the molecule is CCNC(c1c(Br)cnn1CC)C1CCCOC1. The molecule has 0 radical (unpaired) electrons. The second-order valence-electron chi connectivity index (χ2n) is 4.71. The first-order chi connectivity index (χ1) is 8.77. The smallest absolute Gasteiger partial charge is 0.0699 e. The van der Waals surface area contributed by atoms with E-state index in [4.69, 9.17) is 4.74 Å². The van der Waals surface area contributed by atoms with Crippen molar-refractivity contribution in [3.63, 3.8) is 0 Å². The second-order valence-corrected chi connectivity index (χ2v) is 5.56. The molecule has 2 rings (SSSR count). The summed E-state index contributed by atoms with van der Waals surface area (Å²) in [5, 5.41) is 8.02. The Labute approximate surface area is 117 Å². The molecular formula is C13H22BrN3O. The quantitative estimate of drug-likeness (QED) is 0.908. The molecule has 4 nitrogen and oxygen atoms in total. The van der Waals surface area contributed by atoms with Crippen LogP contribution in [-0.2, 0) is 11.3 Å². The van der Waals surface area contributed by atoms with Crippen molar-refractivity contribution in [1.82, 2.24) is 15.1 Å². The van der Waals surface area contributed by atoms with E-state index in [1.54, 1.807) is 0 Å². The minimum absolute atomic E-state index is 0.326. The van der Waals surface area contributed by atoms with E-state index in [-0.39, 0.29) is 0 Å². The molecule has 18 heavy (non-hydrogen) atoms. The average Bonchev–Trinajstić information content (AvgIpc) is 2.78. The van der Waals surface area contributed by atoms with E-state index in [1.165, 1.54) is 12.1 Å². The van der Waals surface area contributed by atoms with E-state index in [0.717, 1.165) is 37.2 Å². The molecule has 2 atom stereocenters. The molecule has 102 valence electrons. The highest BCUT2D eigenvalue weighted by Gasteiger charge is 2.29. The van der Waals surface area contributed by atoms with Crippen LogP contribution in [0.4, 0.5) is 0 Å². The molecule has 5 heteroatoms. The molecule has 1 aromatic heterocycles. The van der Waals surface area contributed by atoms with Gasteiger partial charge in [-0.25, -0.2) is 0 Å². The lowest BCUT2D eigenvalue weighted by atomic mass is 9.91. The molecule has 0 aromatic carbocycles. The molecule has 1 aromatic rings. The predicted octanol–water partition coefficient (Wildman–Crippen LogP) is 2.74. The van der Waals surface area contributed by atoms with Gasteiger partial charge in [0.05, 0.1) is 29.0 Å². The Hall–Kier alpha value is -0.390. The standard InChI is InChI=1S/C13H22BrN3O/c1-3-15-12(10-6-5-7-18-9-10)13-11(14)8-16-17(13)4-2/h8,10,12,15H,3-7,9H2,1-2H3. The molecule has 2 heterocycles. The average molecular weight is 316 g/mol. The summed E-state index contributed by atoms with van der Waals surface area (Å²) in [5.41, 5.74) is 1.26. The van der Waals surface area contributed by atoms with Crippen LogP contribution in [-0.4, -0.2) is 29.5 Å². The zero-order valence-electron chi connectivity index (χ0n) is 11.2. The van der Waals surface area contributed by atoms with Crippen molar-refractivity contribution in [1.29, 1.82) is 0 Å². The number of aromatic nitrogens is 2.